The molecular weight excluding hydrogens is 271 g/mol. The largest absolute Gasteiger partial charge is 0.416 e. The fraction of sp³-hybridized carbons (Fsp3) is 0.111. The summed E-state index contributed by atoms with van der Waals surface area (Å²) in [6.45, 7) is 0. The van der Waals surface area contributed by atoms with E-state index in [4.69, 9.17) is 28.8 Å². The third-order valence-electron chi connectivity index (χ3n) is 1.84. The fourth-order valence-electron chi connectivity index (χ4n) is 1.13. The van der Waals surface area contributed by atoms with Gasteiger partial charge in [0, 0.05) is 0 Å². The van der Waals surface area contributed by atoms with Gasteiger partial charge >= 0.3 is 18.1 Å². The number of nitrogens with two attached hydrogens (primary N) is 3. The first-order valence-electron chi connectivity index (χ1n) is 4.61. The molecule has 98 valence electrons. The van der Waals surface area contributed by atoms with Crippen molar-refractivity contribution in [2.24, 2.45) is 17.2 Å². The summed E-state index contributed by atoms with van der Waals surface area (Å²) in [7, 11) is 0. The van der Waals surface area contributed by atoms with Crippen LogP contribution in [0.15, 0.2) is 18.2 Å². The Hall–Kier alpha value is -1.96. The number of rotatable bonds is 1. The van der Waals surface area contributed by atoms with E-state index in [0.717, 1.165) is 18.2 Å². The lowest BCUT2D eigenvalue weighted by Crippen LogP contribution is -2.96. The predicted molar refractivity (Wildman–Crippen MR) is 60.6 cm³/mol. The zero-order valence-corrected chi connectivity index (χ0v) is 9.73. The van der Waals surface area contributed by atoms with Crippen molar-refractivity contribution in [1.29, 1.82) is 0 Å². The summed E-state index contributed by atoms with van der Waals surface area (Å²) in [5.74, 6) is -0.348. The molecule has 1 aromatic carbocycles. The fourth-order valence-corrected chi connectivity index (χ4v) is 1.29. The molecule has 0 aliphatic heterocycles. The van der Waals surface area contributed by atoms with Crippen molar-refractivity contribution >= 4 is 29.2 Å². The van der Waals surface area contributed by atoms with Crippen LogP contribution < -0.4 is 27.2 Å². The van der Waals surface area contributed by atoms with Crippen LogP contribution in [0.25, 0.3) is 0 Å². The number of benzene rings is 1. The molecule has 1 rings (SSSR count). The Bertz CT molecular complexity index is 505. The quantitative estimate of drug-likeness (QED) is 0.296. The molecule has 5 nitrogen and oxygen atoms in total. The monoisotopic (exact) mass is 281 g/mol. The van der Waals surface area contributed by atoms with E-state index in [2.05, 4.69) is 9.98 Å². The summed E-state index contributed by atoms with van der Waals surface area (Å²) in [6.07, 6.45) is -4.47. The SMILES string of the molecule is NC(N)=[NH+]C(N)=[NH+]c1cc(C(F)(F)F)ccc1Cl. The summed E-state index contributed by atoms with van der Waals surface area (Å²) in [4.78, 5) is 4.72. The van der Waals surface area contributed by atoms with Gasteiger partial charge < -0.3 is 0 Å². The lowest BCUT2D eigenvalue weighted by molar-refractivity contribution is -0.459. The van der Waals surface area contributed by atoms with Gasteiger partial charge in [-0.15, -0.1) is 0 Å². The molecule has 8 N–H and O–H groups in total. The van der Waals surface area contributed by atoms with Crippen LogP contribution in [0, 0.1) is 0 Å². The van der Waals surface area contributed by atoms with Crippen LogP contribution in [0.1, 0.15) is 5.56 Å². The first kappa shape index (κ1) is 14.1. The molecule has 0 atom stereocenters. The van der Waals surface area contributed by atoms with Gasteiger partial charge in [0.1, 0.15) is 5.69 Å². The second kappa shape index (κ2) is 5.13. The van der Waals surface area contributed by atoms with Gasteiger partial charge in [0.15, 0.2) is 0 Å². The first-order valence-corrected chi connectivity index (χ1v) is 4.99. The van der Waals surface area contributed by atoms with Gasteiger partial charge in [-0.2, -0.15) is 18.2 Å². The van der Waals surface area contributed by atoms with Crippen LogP contribution in [-0.4, -0.2) is 11.9 Å². The summed E-state index contributed by atoms with van der Waals surface area (Å²) in [5.41, 5.74) is 14.8. The third kappa shape index (κ3) is 3.81. The molecule has 0 fully saturated rings. The van der Waals surface area contributed by atoms with E-state index in [-0.39, 0.29) is 22.6 Å². The summed E-state index contributed by atoms with van der Waals surface area (Å²) < 4.78 is 37.4. The molecule has 18 heavy (non-hydrogen) atoms. The Morgan fingerprint density at radius 3 is 2.28 bits per heavy atom. The van der Waals surface area contributed by atoms with Gasteiger partial charge in [0.25, 0.3) is 0 Å². The van der Waals surface area contributed by atoms with E-state index >= 15 is 0 Å². The average Bonchev–Trinajstić information content (AvgIpc) is 2.18. The van der Waals surface area contributed by atoms with Crippen molar-refractivity contribution in [2.75, 3.05) is 0 Å². The molecule has 0 unspecified atom stereocenters. The van der Waals surface area contributed by atoms with Crippen LogP contribution in [0.5, 0.6) is 0 Å². The van der Waals surface area contributed by atoms with Crippen LogP contribution in [-0.2, 0) is 6.18 Å². The van der Waals surface area contributed by atoms with E-state index in [1.165, 1.54) is 0 Å². The molecular formula is C9H11ClF3N5+2. The Kier molecular flexibility index (Phi) is 4.02. The molecule has 0 aliphatic carbocycles. The van der Waals surface area contributed by atoms with Gasteiger partial charge in [0.05, 0.1) is 10.6 Å². The lowest BCUT2D eigenvalue weighted by atomic mass is 10.2. The Balaban J connectivity index is 3.21. The number of halogens is 4. The normalized spacial score (nSPS) is 12.3. The maximum Gasteiger partial charge on any atom is 0.416 e. The standard InChI is InChI=1S/C9H9ClF3N5/c10-5-2-1-4(9(11,12)13)3-6(5)17-8(16)18-7(14)15/h1-3H,(H6,14,15,16,17,18)/p+2. The molecule has 0 saturated carbocycles. The van der Waals surface area contributed by atoms with Gasteiger partial charge in [0.2, 0.25) is 0 Å². The second-order valence-corrected chi connectivity index (χ2v) is 3.72. The summed E-state index contributed by atoms with van der Waals surface area (Å²) in [5, 5.41) is 0.0725. The van der Waals surface area contributed by atoms with Gasteiger partial charge in [-0.1, -0.05) is 11.6 Å². The first-order chi connectivity index (χ1) is 8.20. The molecule has 0 bridgehead atoms. The van der Waals surface area contributed by atoms with Crippen LogP contribution in [0.2, 0.25) is 5.02 Å². The molecule has 1 aromatic rings. The topological polar surface area (TPSA) is 106 Å². The van der Waals surface area contributed by atoms with E-state index < -0.39 is 11.7 Å². The van der Waals surface area contributed by atoms with Crippen molar-refractivity contribution < 1.29 is 23.2 Å². The highest BCUT2D eigenvalue weighted by molar-refractivity contribution is 6.32. The average molecular weight is 282 g/mol. The number of hydrogen-bond acceptors (Lipinski definition) is 0. The highest BCUT2D eigenvalue weighted by Crippen LogP contribution is 2.32. The van der Waals surface area contributed by atoms with E-state index in [0.29, 0.717) is 0 Å². The lowest BCUT2D eigenvalue weighted by Gasteiger charge is -2.07. The minimum absolute atomic E-state index is 0.0160. The van der Waals surface area contributed by atoms with Crippen LogP contribution in [0.3, 0.4) is 0 Å². The molecule has 0 heterocycles. The number of hydrogen-bond donors (Lipinski definition) is 5. The van der Waals surface area contributed by atoms with Crippen molar-refractivity contribution in [3.8, 4) is 0 Å². The maximum atomic E-state index is 12.5. The Labute approximate surface area is 105 Å². The van der Waals surface area contributed by atoms with E-state index in [1.807, 2.05) is 0 Å². The minimum Gasteiger partial charge on any atom is -0.275 e. The van der Waals surface area contributed by atoms with Gasteiger partial charge in [-0.25, -0.2) is 4.99 Å². The highest BCUT2D eigenvalue weighted by atomic mass is 35.5. The molecule has 0 radical (unpaired) electrons. The highest BCUT2D eigenvalue weighted by Gasteiger charge is 2.31. The Morgan fingerprint density at radius 1 is 1.17 bits per heavy atom. The molecule has 0 aliphatic rings. The van der Waals surface area contributed by atoms with Crippen molar-refractivity contribution in [3.63, 3.8) is 0 Å². The van der Waals surface area contributed by atoms with Crippen LogP contribution >= 0.6 is 11.6 Å². The second-order valence-electron chi connectivity index (χ2n) is 3.31. The molecule has 0 aromatic heterocycles. The van der Waals surface area contributed by atoms with Crippen molar-refractivity contribution in [1.82, 2.24) is 0 Å². The van der Waals surface area contributed by atoms with Crippen molar-refractivity contribution in [2.45, 2.75) is 6.18 Å². The van der Waals surface area contributed by atoms with E-state index in [9.17, 15) is 13.2 Å². The smallest absolute Gasteiger partial charge is 0.275 e. The van der Waals surface area contributed by atoms with Gasteiger partial charge in [-0.3, -0.25) is 17.2 Å². The third-order valence-corrected chi connectivity index (χ3v) is 2.17. The van der Waals surface area contributed by atoms with Crippen LogP contribution in [0.4, 0.5) is 18.9 Å². The minimum atomic E-state index is -4.47. The summed E-state index contributed by atoms with van der Waals surface area (Å²) in [6, 6.07) is 2.79. The molecule has 0 spiro atoms. The predicted octanol–water partition coefficient (Wildman–Crippen LogP) is -2.26. The Morgan fingerprint density at radius 2 is 1.78 bits per heavy atom. The maximum absolute atomic E-state index is 12.5. The molecule has 0 amide bonds. The number of alkyl halides is 3. The molecule has 0 saturated heterocycles. The zero-order chi connectivity index (χ0) is 13.9. The van der Waals surface area contributed by atoms with Crippen molar-refractivity contribution in [3.05, 3.63) is 28.8 Å². The zero-order valence-electron chi connectivity index (χ0n) is 8.98. The molecule has 9 heteroatoms. The van der Waals surface area contributed by atoms with E-state index in [1.54, 1.807) is 0 Å². The van der Waals surface area contributed by atoms with Gasteiger partial charge in [-0.05, 0) is 18.2 Å². The number of guanidine groups is 2. The number of nitrogens with one attached hydrogen (secondary N) is 2. The summed E-state index contributed by atoms with van der Waals surface area (Å²) >= 11 is 5.73.